The van der Waals surface area contributed by atoms with E-state index in [4.69, 9.17) is 20.3 Å². The molecule has 2 atom stereocenters. The van der Waals surface area contributed by atoms with Crippen molar-refractivity contribution in [1.82, 2.24) is 0 Å². The molecule has 0 aromatic heterocycles. The number of halogens is 1. The van der Waals surface area contributed by atoms with E-state index in [1.54, 1.807) is 0 Å². The molecule has 5 heteroatoms. The highest BCUT2D eigenvalue weighted by Crippen LogP contribution is 2.60. The molecule has 1 heterocycles. The first kappa shape index (κ1) is 10.5. The Kier molecular flexibility index (Phi) is 2.89. The first-order valence-corrected chi connectivity index (χ1v) is 6.45. The Morgan fingerprint density at radius 2 is 2.25 bits per heavy atom. The van der Waals surface area contributed by atoms with Crippen molar-refractivity contribution in [3.8, 4) is 0 Å². The Morgan fingerprint density at radius 3 is 2.67 bits per heavy atom. The first-order chi connectivity index (χ1) is 5.37. The summed E-state index contributed by atoms with van der Waals surface area (Å²) < 4.78 is 21.3. The highest BCUT2D eigenvalue weighted by Gasteiger charge is 2.42. The normalized spacial score (nSPS) is 41.2. The lowest BCUT2D eigenvalue weighted by Gasteiger charge is -2.38. The quantitative estimate of drug-likeness (QED) is 0.627. The summed E-state index contributed by atoms with van der Waals surface area (Å²) in [7, 11) is 0. The molecule has 1 rings (SSSR count). The van der Waals surface area contributed by atoms with Crippen LogP contribution in [0.4, 0.5) is 0 Å². The van der Waals surface area contributed by atoms with E-state index in [1.807, 2.05) is 20.8 Å². The lowest BCUT2D eigenvalue weighted by molar-refractivity contribution is -0.0201. The van der Waals surface area contributed by atoms with Crippen LogP contribution in [-0.2, 0) is 13.6 Å². The maximum absolute atomic E-state index is 11.2. The molecule has 1 saturated heterocycles. The highest BCUT2D eigenvalue weighted by molar-refractivity contribution is 7.81. The van der Waals surface area contributed by atoms with Gasteiger partial charge in [-0.2, -0.15) is 0 Å². The molecule has 0 aromatic carbocycles. The molecule has 0 saturated carbocycles. The molecule has 1 aliphatic heterocycles. The Balaban J connectivity index is 2.73. The second kappa shape index (κ2) is 3.30. The molecule has 0 amide bonds. The third-order valence-corrected chi connectivity index (χ3v) is 3.56. The molecule has 0 spiro atoms. The molecular weight excluding hydrogens is 199 g/mol. The molecule has 0 radical (unpaired) electrons. The van der Waals surface area contributed by atoms with Crippen LogP contribution in [-0.4, -0.2) is 12.7 Å². The highest BCUT2D eigenvalue weighted by atomic mass is 35.7. The molecule has 3 nitrogen and oxygen atoms in total. The van der Waals surface area contributed by atoms with Crippen molar-refractivity contribution in [3.05, 3.63) is 0 Å². The fourth-order valence-corrected chi connectivity index (χ4v) is 3.01. The number of hydrogen-bond donors (Lipinski definition) is 0. The standard InChI is InChI=1S/C7H14ClO3P/c1-4-6-7(2,3)5-10-12(8,9)11-6/h6H,4-5H2,1-3H3. The minimum atomic E-state index is -3.27. The molecule has 12 heavy (non-hydrogen) atoms. The van der Waals surface area contributed by atoms with Gasteiger partial charge in [0.05, 0.1) is 12.7 Å². The Bertz CT molecular complexity index is 217. The van der Waals surface area contributed by atoms with Crippen LogP contribution in [0.2, 0.25) is 0 Å². The van der Waals surface area contributed by atoms with Gasteiger partial charge in [-0.3, -0.25) is 9.05 Å². The Morgan fingerprint density at radius 1 is 1.67 bits per heavy atom. The average molecular weight is 213 g/mol. The van der Waals surface area contributed by atoms with Gasteiger partial charge in [-0.1, -0.05) is 20.8 Å². The fourth-order valence-electron chi connectivity index (χ4n) is 1.29. The molecule has 0 bridgehead atoms. The van der Waals surface area contributed by atoms with Crippen LogP contribution in [0.3, 0.4) is 0 Å². The van der Waals surface area contributed by atoms with E-state index in [1.165, 1.54) is 0 Å². The second-order valence-electron chi connectivity index (χ2n) is 3.69. The summed E-state index contributed by atoms with van der Waals surface area (Å²) in [6, 6.07) is 0. The monoisotopic (exact) mass is 212 g/mol. The summed E-state index contributed by atoms with van der Waals surface area (Å²) in [6.45, 7) is 3.13. The fraction of sp³-hybridized carbons (Fsp3) is 1.00. The SMILES string of the molecule is CCC1OP(=O)(Cl)OCC1(C)C. The zero-order valence-electron chi connectivity index (χ0n) is 7.54. The number of rotatable bonds is 1. The van der Waals surface area contributed by atoms with Crippen molar-refractivity contribution in [2.24, 2.45) is 5.41 Å². The smallest absolute Gasteiger partial charge is 0.296 e. The van der Waals surface area contributed by atoms with Crippen LogP contribution in [0.25, 0.3) is 0 Å². The summed E-state index contributed by atoms with van der Waals surface area (Å²) in [4.78, 5) is 0. The zero-order valence-corrected chi connectivity index (χ0v) is 9.19. The maximum atomic E-state index is 11.2. The van der Waals surface area contributed by atoms with E-state index in [9.17, 15) is 4.57 Å². The molecule has 0 N–H and O–H groups in total. The van der Waals surface area contributed by atoms with Crippen LogP contribution in [0.5, 0.6) is 0 Å². The molecular formula is C7H14ClO3P. The van der Waals surface area contributed by atoms with E-state index in [0.29, 0.717) is 6.61 Å². The van der Waals surface area contributed by atoms with Crippen LogP contribution in [0, 0.1) is 5.41 Å². The largest absolute Gasteiger partial charge is 0.424 e. The molecule has 1 aliphatic rings. The lowest BCUT2D eigenvalue weighted by atomic mass is 9.86. The van der Waals surface area contributed by atoms with Gasteiger partial charge in [0.15, 0.2) is 0 Å². The van der Waals surface area contributed by atoms with Gasteiger partial charge >= 0.3 is 6.95 Å². The summed E-state index contributed by atoms with van der Waals surface area (Å²) in [5, 5.41) is 0. The zero-order chi connectivity index (χ0) is 9.41. The van der Waals surface area contributed by atoms with Gasteiger partial charge in [-0.25, -0.2) is 4.57 Å². The van der Waals surface area contributed by atoms with Crippen molar-refractivity contribution in [1.29, 1.82) is 0 Å². The van der Waals surface area contributed by atoms with E-state index in [0.717, 1.165) is 6.42 Å². The van der Waals surface area contributed by atoms with Gasteiger partial charge in [-0.15, -0.1) is 0 Å². The van der Waals surface area contributed by atoms with Gasteiger partial charge in [0, 0.05) is 16.7 Å². The van der Waals surface area contributed by atoms with E-state index in [2.05, 4.69) is 0 Å². The predicted octanol–water partition coefficient (Wildman–Crippen LogP) is 3.18. The third-order valence-electron chi connectivity index (χ3n) is 2.09. The van der Waals surface area contributed by atoms with Crippen LogP contribution < -0.4 is 0 Å². The minimum Gasteiger partial charge on any atom is -0.296 e. The molecule has 0 aromatic rings. The summed E-state index contributed by atoms with van der Waals surface area (Å²) in [5.74, 6) is 0. The second-order valence-corrected chi connectivity index (χ2v) is 6.27. The predicted molar refractivity (Wildman–Crippen MR) is 48.4 cm³/mol. The molecule has 0 aliphatic carbocycles. The van der Waals surface area contributed by atoms with Gasteiger partial charge in [-0.05, 0) is 6.42 Å². The van der Waals surface area contributed by atoms with Crippen molar-refractivity contribution in [3.63, 3.8) is 0 Å². The van der Waals surface area contributed by atoms with Crippen molar-refractivity contribution in [2.45, 2.75) is 33.3 Å². The van der Waals surface area contributed by atoms with Gasteiger partial charge in [0.25, 0.3) is 0 Å². The third kappa shape index (κ3) is 2.23. The molecule has 2 unspecified atom stereocenters. The first-order valence-electron chi connectivity index (χ1n) is 4.00. The van der Waals surface area contributed by atoms with E-state index < -0.39 is 6.95 Å². The maximum Gasteiger partial charge on any atom is 0.424 e. The van der Waals surface area contributed by atoms with Crippen LogP contribution >= 0.6 is 18.2 Å². The summed E-state index contributed by atoms with van der Waals surface area (Å²) >= 11 is 5.48. The van der Waals surface area contributed by atoms with Crippen molar-refractivity contribution < 1.29 is 13.6 Å². The van der Waals surface area contributed by atoms with Gasteiger partial charge < -0.3 is 0 Å². The van der Waals surface area contributed by atoms with Gasteiger partial charge in [0.2, 0.25) is 0 Å². The van der Waals surface area contributed by atoms with Gasteiger partial charge in [0.1, 0.15) is 0 Å². The van der Waals surface area contributed by atoms with Crippen molar-refractivity contribution in [2.75, 3.05) is 6.61 Å². The Hall–Kier alpha value is 0.440. The van der Waals surface area contributed by atoms with Crippen molar-refractivity contribution >= 4 is 18.2 Å². The van der Waals surface area contributed by atoms with E-state index >= 15 is 0 Å². The Labute approximate surface area is 77.7 Å². The van der Waals surface area contributed by atoms with Crippen LogP contribution in [0.15, 0.2) is 0 Å². The lowest BCUT2D eigenvalue weighted by Crippen LogP contribution is -2.38. The number of hydrogen-bond acceptors (Lipinski definition) is 3. The molecule has 1 fully saturated rings. The van der Waals surface area contributed by atoms with E-state index in [-0.39, 0.29) is 11.5 Å². The van der Waals surface area contributed by atoms with Crippen LogP contribution in [0.1, 0.15) is 27.2 Å². The summed E-state index contributed by atoms with van der Waals surface area (Å²) in [6.07, 6.45) is 0.724. The summed E-state index contributed by atoms with van der Waals surface area (Å²) in [5.41, 5.74) is -0.0997. The molecule has 72 valence electrons. The average Bonchev–Trinajstić information content (AvgIpc) is 1.95. The topological polar surface area (TPSA) is 35.5 Å². The minimum absolute atomic E-state index is 0.0745.